The van der Waals surface area contributed by atoms with Crippen LogP contribution in [0.15, 0.2) is 48.5 Å². The predicted molar refractivity (Wildman–Crippen MR) is 80.5 cm³/mol. The highest BCUT2D eigenvalue weighted by Gasteiger charge is 2.09. The molecule has 0 fully saturated rings. The minimum atomic E-state index is -0.163. The molecule has 2 aromatic carbocycles. The van der Waals surface area contributed by atoms with Crippen LogP contribution >= 0.6 is 0 Å². The average molecular weight is 270 g/mol. The number of anilines is 1. The molecule has 0 aliphatic heterocycles. The smallest absolute Gasteiger partial charge is 0.321 e. The molecule has 0 unspecified atom stereocenters. The number of carbonyl (C=O) groups is 1. The van der Waals surface area contributed by atoms with Gasteiger partial charge in [0.1, 0.15) is 0 Å². The highest BCUT2D eigenvalue weighted by Crippen LogP contribution is 2.28. The van der Waals surface area contributed by atoms with Gasteiger partial charge < -0.3 is 15.3 Å². The van der Waals surface area contributed by atoms with Crippen LogP contribution in [0.5, 0.6) is 0 Å². The van der Waals surface area contributed by atoms with E-state index in [4.69, 9.17) is 5.11 Å². The van der Waals surface area contributed by atoms with Gasteiger partial charge in [0, 0.05) is 19.7 Å². The molecule has 0 spiro atoms. The van der Waals surface area contributed by atoms with Gasteiger partial charge in [0.25, 0.3) is 0 Å². The Morgan fingerprint density at radius 2 is 1.75 bits per heavy atom. The minimum Gasteiger partial charge on any atom is -0.392 e. The van der Waals surface area contributed by atoms with Crippen LogP contribution in [0.4, 0.5) is 10.5 Å². The molecule has 0 saturated carbocycles. The van der Waals surface area contributed by atoms with Gasteiger partial charge in [0.15, 0.2) is 0 Å². The topological polar surface area (TPSA) is 52.6 Å². The first-order valence-corrected chi connectivity index (χ1v) is 6.39. The van der Waals surface area contributed by atoms with Crippen LogP contribution in [-0.2, 0) is 6.61 Å². The van der Waals surface area contributed by atoms with Crippen LogP contribution in [0, 0.1) is 0 Å². The molecule has 20 heavy (non-hydrogen) atoms. The standard InChI is InChI=1S/C16H18N2O2/c1-18(2)16(20)17-15-6-4-3-5-14(15)13-9-7-12(11-19)8-10-13/h3-10,19H,11H2,1-2H3,(H,17,20). The van der Waals surface area contributed by atoms with Crippen molar-refractivity contribution in [2.24, 2.45) is 0 Å². The lowest BCUT2D eigenvalue weighted by atomic mass is 10.0. The highest BCUT2D eigenvalue weighted by atomic mass is 16.3. The van der Waals surface area contributed by atoms with Crippen LogP contribution in [0.2, 0.25) is 0 Å². The van der Waals surface area contributed by atoms with Gasteiger partial charge in [-0.3, -0.25) is 0 Å². The van der Waals surface area contributed by atoms with Crippen molar-refractivity contribution in [3.63, 3.8) is 0 Å². The molecule has 0 heterocycles. The molecule has 4 nitrogen and oxygen atoms in total. The monoisotopic (exact) mass is 270 g/mol. The number of nitrogens with zero attached hydrogens (tertiary/aromatic N) is 1. The second kappa shape index (κ2) is 6.21. The fourth-order valence-electron chi connectivity index (χ4n) is 1.86. The number of benzene rings is 2. The molecule has 0 atom stereocenters. The Hall–Kier alpha value is -2.33. The van der Waals surface area contributed by atoms with Crippen LogP contribution in [-0.4, -0.2) is 30.1 Å². The zero-order valence-electron chi connectivity index (χ0n) is 11.6. The maximum Gasteiger partial charge on any atom is 0.321 e. The normalized spacial score (nSPS) is 10.2. The summed E-state index contributed by atoms with van der Waals surface area (Å²) < 4.78 is 0. The molecule has 0 aliphatic carbocycles. The lowest BCUT2D eigenvalue weighted by molar-refractivity contribution is 0.230. The number of hydrogen-bond donors (Lipinski definition) is 2. The summed E-state index contributed by atoms with van der Waals surface area (Å²) in [6.07, 6.45) is 0. The van der Waals surface area contributed by atoms with Gasteiger partial charge in [-0.05, 0) is 17.2 Å². The van der Waals surface area contributed by atoms with Crippen molar-refractivity contribution in [3.05, 3.63) is 54.1 Å². The Kier molecular flexibility index (Phi) is 4.38. The first kappa shape index (κ1) is 14.1. The second-order valence-corrected chi connectivity index (χ2v) is 4.73. The third kappa shape index (κ3) is 3.16. The van der Waals surface area contributed by atoms with E-state index in [1.807, 2.05) is 48.5 Å². The summed E-state index contributed by atoms with van der Waals surface area (Å²) in [5, 5.41) is 11.9. The first-order valence-electron chi connectivity index (χ1n) is 6.39. The molecule has 0 aromatic heterocycles. The zero-order chi connectivity index (χ0) is 14.5. The van der Waals surface area contributed by atoms with E-state index < -0.39 is 0 Å². The highest BCUT2D eigenvalue weighted by molar-refractivity contribution is 5.94. The van der Waals surface area contributed by atoms with Crippen molar-refractivity contribution in [3.8, 4) is 11.1 Å². The zero-order valence-corrected chi connectivity index (χ0v) is 11.6. The lowest BCUT2D eigenvalue weighted by Gasteiger charge is -2.15. The van der Waals surface area contributed by atoms with Gasteiger partial charge in [0.2, 0.25) is 0 Å². The van der Waals surface area contributed by atoms with E-state index in [0.29, 0.717) is 0 Å². The maximum absolute atomic E-state index is 11.8. The number of para-hydroxylation sites is 1. The first-order chi connectivity index (χ1) is 9.61. The van der Waals surface area contributed by atoms with Crippen molar-refractivity contribution in [1.29, 1.82) is 0 Å². The third-order valence-electron chi connectivity index (χ3n) is 3.02. The van der Waals surface area contributed by atoms with E-state index in [0.717, 1.165) is 22.4 Å². The van der Waals surface area contributed by atoms with Gasteiger partial charge in [0.05, 0.1) is 12.3 Å². The summed E-state index contributed by atoms with van der Waals surface area (Å²) in [6, 6.07) is 15.1. The molecule has 0 radical (unpaired) electrons. The van der Waals surface area contributed by atoms with E-state index >= 15 is 0 Å². The number of urea groups is 1. The summed E-state index contributed by atoms with van der Waals surface area (Å²) in [5.41, 5.74) is 3.58. The van der Waals surface area contributed by atoms with Gasteiger partial charge in [-0.1, -0.05) is 42.5 Å². The molecular formula is C16H18N2O2. The molecule has 0 saturated heterocycles. The van der Waals surface area contributed by atoms with Gasteiger partial charge in [-0.15, -0.1) is 0 Å². The average Bonchev–Trinajstić information content (AvgIpc) is 2.48. The van der Waals surface area contributed by atoms with E-state index in [9.17, 15) is 4.79 Å². The number of nitrogens with one attached hydrogen (secondary N) is 1. The van der Waals surface area contributed by atoms with E-state index in [-0.39, 0.29) is 12.6 Å². The van der Waals surface area contributed by atoms with Crippen molar-refractivity contribution in [2.45, 2.75) is 6.61 Å². The number of rotatable bonds is 3. The molecule has 0 aliphatic rings. The molecule has 4 heteroatoms. The maximum atomic E-state index is 11.8. The van der Waals surface area contributed by atoms with Crippen molar-refractivity contribution in [2.75, 3.05) is 19.4 Å². The molecule has 2 N–H and O–H groups in total. The Morgan fingerprint density at radius 3 is 2.35 bits per heavy atom. The SMILES string of the molecule is CN(C)C(=O)Nc1ccccc1-c1ccc(CO)cc1. The van der Waals surface area contributed by atoms with Crippen LogP contribution in [0.3, 0.4) is 0 Å². The minimum absolute atomic E-state index is 0.0271. The molecule has 2 amide bonds. The van der Waals surface area contributed by atoms with E-state index in [1.165, 1.54) is 4.90 Å². The number of amides is 2. The Balaban J connectivity index is 2.33. The molecule has 2 aromatic rings. The fraction of sp³-hybridized carbons (Fsp3) is 0.188. The second-order valence-electron chi connectivity index (χ2n) is 4.73. The summed E-state index contributed by atoms with van der Waals surface area (Å²) in [4.78, 5) is 13.3. The van der Waals surface area contributed by atoms with Gasteiger partial charge in [-0.2, -0.15) is 0 Å². The molecule has 104 valence electrons. The van der Waals surface area contributed by atoms with E-state index in [2.05, 4.69) is 5.32 Å². The summed E-state index contributed by atoms with van der Waals surface area (Å²) in [6.45, 7) is 0.0271. The number of hydrogen-bond acceptors (Lipinski definition) is 2. The third-order valence-corrected chi connectivity index (χ3v) is 3.02. The molecular weight excluding hydrogens is 252 g/mol. The summed E-state index contributed by atoms with van der Waals surface area (Å²) in [5.74, 6) is 0. The largest absolute Gasteiger partial charge is 0.392 e. The van der Waals surface area contributed by atoms with Crippen molar-refractivity contribution < 1.29 is 9.90 Å². The predicted octanol–water partition coefficient (Wildman–Crippen LogP) is 2.94. The quantitative estimate of drug-likeness (QED) is 0.901. The lowest BCUT2D eigenvalue weighted by Crippen LogP contribution is -2.27. The number of aliphatic hydroxyl groups excluding tert-OH is 1. The van der Waals surface area contributed by atoms with Crippen molar-refractivity contribution >= 4 is 11.7 Å². The number of aliphatic hydroxyl groups is 1. The Labute approximate surface area is 118 Å². The van der Waals surface area contributed by atoms with Crippen LogP contribution in [0.25, 0.3) is 11.1 Å². The van der Waals surface area contributed by atoms with Crippen molar-refractivity contribution in [1.82, 2.24) is 4.90 Å². The van der Waals surface area contributed by atoms with Gasteiger partial charge >= 0.3 is 6.03 Å². The van der Waals surface area contributed by atoms with Gasteiger partial charge in [-0.25, -0.2) is 4.79 Å². The van der Waals surface area contributed by atoms with E-state index in [1.54, 1.807) is 14.1 Å². The summed E-state index contributed by atoms with van der Waals surface area (Å²) >= 11 is 0. The summed E-state index contributed by atoms with van der Waals surface area (Å²) in [7, 11) is 3.40. The molecule has 0 bridgehead atoms. The number of carbonyl (C=O) groups excluding carboxylic acids is 1. The molecule has 2 rings (SSSR count). The van der Waals surface area contributed by atoms with Crippen LogP contribution < -0.4 is 5.32 Å². The van der Waals surface area contributed by atoms with Crippen LogP contribution in [0.1, 0.15) is 5.56 Å². The Morgan fingerprint density at radius 1 is 1.10 bits per heavy atom. The Bertz CT molecular complexity index is 592. The fourth-order valence-corrected chi connectivity index (χ4v) is 1.86.